The summed E-state index contributed by atoms with van der Waals surface area (Å²) < 4.78 is 0. The molecule has 0 saturated carbocycles. The van der Waals surface area contributed by atoms with Crippen molar-refractivity contribution < 1.29 is 4.79 Å². The van der Waals surface area contributed by atoms with Crippen LogP contribution in [0.3, 0.4) is 0 Å². The molecule has 0 aliphatic carbocycles. The van der Waals surface area contributed by atoms with Crippen molar-refractivity contribution in [3.05, 3.63) is 34.5 Å². The van der Waals surface area contributed by atoms with Gasteiger partial charge in [0, 0.05) is 27.6 Å². The van der Waals surface area contributed by atoms with Gasteiger partial charge in [-0.3, -0.25) is 4.79 Å². The van der Waals surface area contributed by atoms with E-state index >= 15 is 0 Å². The Morgan fingerprint density at radius 2 is 1.71 bits per heavy atom. The van der Waals surface area contributed by atoms with Crippen LogP contribution in [0.2, 0.25) is 0 Å². The fourth-order valence-corrected chi connectivity index (χ4v) is 2.35. The van der Waals surface area contributed by atoms with Gasteiger partial charge in [0.15, 0.2) is 6.29 Å². The van der Waals surface area contributed by atoms with Gasteiger partial charge in [0.1, 0.15) is 0 Å². The van der Waals surface area contributed by atoms with Gasteiger partial charge in [-0.05, 0) is 25.0 Å². The lowest BCUT2D eigenvalue weighted by molar-refractivity contribution is 0.112. The van der Waals surface area contributed by atoms with E-state index in [1.165, 1.54) is 5.56 Å². The normalized spacial score (nSPS) is 12.1. The minimum absolute atomic E-state index is 0.0475. The molecule has 1 aromatic heterocycles. The van der Waals surface area contributed by atoms with Crippen LogP contribution in [0.25, 0.3) is 10.9 Å². The predicted molar refractivity (Wildman–Crippen MR) is 71.9 cm³/mol. The number of benzene rings is 1. The fraction of sp³-hybridized carbons (Fsp3) is 0.400. The van der Waals surface area contributed by atoms with Crippen LogP contribution in [0.15, 0.2) is 12.1 Å². The Balaban J connectivity index is 2.94. The molecule has 0 saturated heterocycles. The molecule has 1 aromatic carbocycles. The molecule has 0 unspecified atom stereocenters. The zero-order valence-corrected chi connectivity index (χ0v) is 11.1. The number of hydrogen-bond donors (Lipinski definition) is 1. The summed E-state index contributed by atoms with van der Waals surface area (Å²) >= 11 is 0. The monoisotopic (exact) mass is 229 g/mol. The number of aldehydes is 1. The Bertz CT molecular complexity index is 585. The van der Waals surface area contributed by atoms with Crippen molar-refractivity contribution in [3.63, 3.8) is 0 Å². The highest BCUT2D eigenvalue weighted by molar-refractivity contribution is 6.02. The lowest BCUT2D eigenvalue weighted by atomic mass is 9.89. The zero-order valence-electron chi connectivity index (χ0n) is 11.1. The first kappa shape index (κ1) is 11.9. The molecule has 0 atom stereocenters. The second kappa shape index (κ2) is 3.73. The quantitative estimate of drug-likeness (QED) is 0.739. The Hall–Kier alpha value is -1.57. The smallest absolute Gasteiger partial charge is 0.152 e. The Labute approximate surface area is 102 Å². The summed E-state index contributed by atoms with van der Waals surface area (Å²) in [7, 11) is 0. The van der Waals surface area contributed by atoms with Gasteiger partial charge in [-0.1, -0.05) is 32.9 Å². The largest absolute Gasteiger partial charge is 0.357 e. The minimum atomic E-state index is -0.0475. The maximum absolute atomic E-state index is 11.4. The van der Waals surface area contributed by atoms with E-state index in [4.69, 9.17) is 0 Å². The van der Waals surface area contributed by atoms with Gasteiger partial charge in [-0.2, -0.15) is 0 Å². The summed E-state index contributed by atoms with van der Waals surface area (Å²) in [6.45, 7) is 10.5. The van der Waals surface area contributed by atoms with Crippen LogP contribution < -0.4 is 0 Å². The topological polar surface area (TPSA) is 32.9 Å². The molecule has 0 aliphatic heterocycles. The number of carbonyl (C=O) groups excluding carboxylic acids is 1. The van der Waals surface area contributed by atoms with Crippen LogP contribution in [-0.2, 0) is 5.41 Å². The predicted octanol–water partition coefficient (Wildman–Crippen LogP) is 3.89. The van der Waals surface area contributed by atoms with Crippen LogP contribution in [0.4, 0.5) is 0 Å². The molecule has 1 N–H and O–H groups in total. The van der Waals surface area contributed by atoms with E-state index in [2.05, 4.69) is 51.7 Å². The zero-order chi connectivity index (χ0) is 12.8. The Morgan fingerprint density at radius 3 is 2.24 bits per heavy atom. The number of fused-ring (bicyclic) bond motifs is 1. The number of H-pyrrole nitrogens is 1. The van der Waals surface area contributed by atoms with Crippen molar-refractivity contribution in [2.45, 2.75) is 40.0 Å². The molecule has 0 spiro atoms. The standard InChI is InChI=1S/C15H19NO/c1-9-6-7-10(2)13-12(9)11(8-17)14(16-13)15(3,4)5/h6-8,16H,1-5H3. The van der Waals surface area contributed by atoms with Crippen LogP contribution in [0.1, 0.15) is 48.0 Å². The number of carbonyl (C=O) groups is 1. The first-order valence-corrected chi connectivity index (χ1v) is 5.94. The minimum Gasteiger partial charge on any atom is -0.357 e. The molecule has 0 aliphatic rings. The SMILES string of the molecule is Cc1ccc(C)c2c(C=O)c(C(C)(C)C)[nH]c12. The van der Waals surface area contributed by atoms with Crippen molar-refractivity contribution >= 4 is 17.2 Å². The average Bonchev–Trinajstić information content (AvgIpc) is 2.63. The van der Waals surface area contributed by atoms with Crippen molar-refractivity contribution in [1.82, 2.24) is 4.98 Å². The van der Waals surface area contributed by atoms with Gasteiger partial charge < -0.3 is 4.98 Å². The molecule has 2 aromatic rings. The molecule has 0 fully saturated rings. The lowest BCUT2D eigenvalue weighted by Gasteiger charge is -2.17. The third-order valence-electron chi connectivity index (χ3n) is 3.28. The molecular weight excluding hydrogens is 210 g/mol. The summed E-state index contributed by atoms with van der Waals surface area (Å²) in [5, 5.41) is 1.07. The van der Waals surface area contributed by atoms with E-state index in [9.17, 15) is 4.79 Å². The van der Waals surface area contributed by atoms with E-state index in [-0.39, 0.29) is 5.41 Å². The van der Waals surface area contributed by atoms with Gasteiger partial charge in [-0.25, -0.2) is 0 Å². The number of hydrogen-bond acceptors (Lipinski definition) is 1. The number of aromatic nitrogens is 1. The summed E-state index contributed by atoms with van der Waals surface area (Å²) in [6, 6.07) is 4.17. The summed E-state index contributed by atoms with van der Waals surface area (Å²) in [5.41, 5.74) is 5.22. The second-order valence-corrected chi connectivity index (χ2v) is 5.73. The van der Waals surface area contributed by atoms with Crippen molar-refractivity contribution in [2.75, 3.05) is 0 Å². The maximum Gasteiger partial charge on any atom is 0.152 e. The highest BCUT2D eigenvalue weighted by Crippen LogP contribution is 2.33. The highest BCUT2D eigenvalue weighted by Gasteiger charge is 2.23. The number of nitrogens with one attached hydrogen (secondary N) is 1. The van der Waals surface area contributed by atoms with Gasteiger partial charge in [0.25, 0.3) is 0 Å². The van der Waals surface area contributed by atoms with E-state index in [1.54, 1.807) is 0 Å². The molecular formula is C15H19NO. The average molecular weight is 229 g/mol. The van der Waals surface area contributed by atoms with E-state index in [1.807, 2.05) is 0 Å². The maximum atomic E-state index is 11.4. The van der Waals surface area contributed by atoms with Crippen molar-refractivity contribution in [3.8, 4) is 0 Å². The summed E-state index contributed by atoms with van der Waals surface area (Å²) in [5.74, 6) is 0. The van der Waals surface area contributed by atoms with Crippen LogP contribution in [-0.4, -0.2) is 11.3 Å². The summed E-state index contributed by atoms with van der Waals surface area (Å²) in [4.78, 5) is 14.8. The van der Waals surface area contributed by atoms with Crippen molar-refractivity contribution in [2.24, 2.45) is 0 Å². The molecule has 90 valence electrons. The molecule has 0 bridgehead atoms. The molecule has 0 radical (unpaired) electrons. The van der Waals surface area contributed by atoms with E-state index in [0.717, 1.165) is 34.0 Å². The van der Waals surface area contributed by atoms with Crippen molar-refractivity contribution in [1.29, 1.82) is 0 Å². The molecule has 0 amide bonds. The summed E-state index contributed by atoms with van der Waals surface area (Å²) in [6.07, 6.45) is 0.978. The number of aryl methyl sites for hydroxylation is 2. The van der Waals surface area contributed by atoms with Gasteiger partial charge in [0.05, 0.1) is 0 Å². The fourth-order valence-electron chi connectivity index (χ4n) is 2.35. The number of rotatable bonds is 1. The molecule has 2 rings (SSSR count). The van der Waals surface area contributed by atoms with Crippen LogP contribution in [0.5, 0.6) is 0 Å². The second-order valence-electron chi connectivity index (χ2n) is 5.73. The Morgan fingerprint density at radius 1 is 1.12 bits per heavy atom. The Kier molecular flexibility index (Phi) is 2.61. The molecule has 17 heavy (non-hydrogen) atoms. The highest BCUT2D eigenvalue weighted by atomic mass is 16.1. The first-order chi connectivity index (χ1) is 7.86. The van der Waals surface area contributed by atoms with Crippen LogP contribution >= 0.6 is 0 Å². The lowest BCUT2D eigenvalue weighted by Crippen LogP contribution is -2.13. The van der Waals surface area contributed by atoms with Gasteiger partial charge >= 0.3 is 0 Å². The molecule has 2 heteroatoms. The van der Waals surface area contributed by atoms with E-state index < -0.39 is 0 Å². The van der Waals surface area contributed by atoms with Gasteiger partial charge in [-0.15, -0.1) is 0 Å². The van der Waals surface area contributed by atoms with E-state index in [0.29, 0.717) is 0 Å². The third-order valence-corrected chi connectivity index (χ3v) is 3.28. The van der Waals surface area contributed by atoms with Crippen LogP contribution in [0, 0.1) is 13.8 Å². The number of aromatic amines is 1. The third kappa shape index (κ3) is 1.78. The van der Waals surface area contributed by atoms with Gasteiger partial charge in [0.2, 0.25) is 0 Å². The first-order valence-electron chi connectivity index (χ1n) is 5.94. The molecule has 1 heterocycles. The molecule has 2 nitrogen and oxygen atoms in total.